The molecule has 1 aliphatic heterocycles. The highest BCUT2D eigenvalue weighted by Crippen LogP contribution is 2.16. The zero-order valence-corrected chi connectivity index (χ0v) is 15.7. The van der Waals surface area contributed by atoms with E-state index in [-0.39, 0.29) is 11.8 Å². The van der Waals surface area contributed by atoms with E-state index in [0.29, 0.717) is 13.1 Å². The topological polar surface area (TPSA) is 53.6 Å². The van der Waals surface area contributed by atoms with E-state index in [1.54, 1.807) is 12.1 Å². The molecular formula is C21H25F2N3O2. The van der Waals surface area contributed by atoms with Crippen LogP contribution in [0.1, 0.15) is 29.5 Å². The third-order valence-electron chi connectivity index (χ3n) is 4.75. The summed E-state index contributed by atoms with van der Waals surface area (Å²) in [6.07, 6.45) is 2.50. The number of hydrogen-bond donors (Lipinski definition) is 2. The molecule has 2 amide bonds. The number of alkyl halides is 2. The summed E-state index contributed by atoms with van der Waals surface area (Å²) in [5, 5.41) is 5.65. The van der Waals surface area contributed by atoms with Crippen molar-refractivity contribution in [3.8, 4) is 5.75 Å². The third kappa shape index (κ3) is 6.20. The first kappa shape index (κ1) is 20.1. The highest BCUT2D eigenvalue weighted by molar-refractivity contribution is 5.73. The van der Waals surface area contributed by atoms with Crippen molar-refractivity contribution in [1.82, 2.24) is 15.5 Å². The van der Waals surface area contributed by atoms with E-state index in [1.165, 1.54) is 30.5 Å². The Kier molecular flexibility index (Phi) is 7.19. The van der Waals surface area contributed by atoms with Gasteiger partial charge >= 0.3 is 12.6 Å². The molecule has 1 fully saturated rings. The molecule has 0 aliphatic carbocycles. The van der Waals surface area contributed by atoms with Crippen LogP contribution in [-0.2, 0) is 19.6 Å². The molecule has 0 radical (unpaired) electrons. The molecule has 3 rings (SSSR count). The van der Waals surface area contributed by atoms with Crippen molar-refractivity contribution in [1.29, 1.82) is 0 Å². The Bertz CT molecular complexity index is 763. The average Bonchev–Trinajstić information content (AvgIpc) is 3.19. The van der Waals surface area contributed by atoms with Crippen molar-refractivity contribution in [3.05, 3.63) is 65.2 Å². The van der Waals surface area contributed by atoms with Crippen molar-refractivity contribution in [3.63, 3.8) is 0 Å². The van der Waals surface area contributed by atoms with Crippen LogP contribution >= 0.6 is 0 Å². The molecule has 2 aromatic carbocycles. The van der Waals surface area contributed by atoms with Crippen LogP contribution in [0.25, 0.3) is 0 Å². The van der Waals surface area contributed by atoms with E-state index < -0.39 is 6.61 Å². The van der Waals surface area contributed by atoms with Crippen LogP contribution in [-0.4, -0.2) is 30.6 Å². The lowest BCUT2D eigenvalue weighted by molar-refractivity contribution is -0.0498. The molecular weight excluding hydrogens is 364 g/mol. The number of carbonyl (C=O) groups excluding carboxylic acids is 1. The fraction of sp³-hybridized carbons (Fsp3) is 0.381. The second kappa shape index (κ2) is 10.0. The Morgan fingerprint density at radius 1 is 0.964 bits per heavy atom. The van der Waals surface area contributed by atoms with Crippen LogP contribution in [0.3, 0.4) is 0 Å². The summed E-state index contributed by atoms with van der Waals surface area (Å²) in [5.74, 6) is 0.0952. The second-order valence-electron chi connectivity index (χ2n) is 6.81. The number of hydrogen-bond acceptors (Lipinski definition) is 3. The fourth-order valence-corrected chi connectivity index (χ4v) is 3.27. The van der Waals surface area contributed by atoms with E-state index in [0.717, 1.165) is 30.8 Å². The molecule has 1 aliphatic rings. The average molecular weight is 389 g/mol. The monoisotopic (exact) mass is 389 g/mol. The Labute approximate surface area is 163 Å². The summed E-state index contributed by atoms with van der Waals surface area (Å²) in [6.45, 7) is 1.08. The van der Waals surface area contributed by atoms with Crippen molar-refractivity contribution in [2.45, 2.75) is 39.1 Å². The van der Waals surface area contributed by atoms with Gasteiger partial charge in [0, 0.05) is 19.6 Å². The Morgan fingerprint density at radius 2 is 1.61 bits per heavy atom. The maximum absolute atomic E-state index is 12.2. The van der Waals surface area contributed by atoms with Gasteiger partial charge in [0.2, 0.25) is 0 Å². The lowest BCUT2D eigenvalue weighted by atomic mass is 10.1. The number of ether oxygens (including phenoxy) is 1. The minimum atomic E-state index is -2.84. The molecule has 1 saturated heterocycles. The molecule has 0 bridgehead atoms. The number of nitrogens with one attached hydrogen (secondary N) is 2. The van der Waals surface area contributed by atoms with Crippen molar-refractivity contribution < 1.29 is 18.3 Å². The Balaban J connectivity index is 1.45. The molecule has 5 nitrogen and oxygen atoms in total. The van der Waals surface area contributed by atoms with Gasteiger partial charge in [-0.15, -0.1) is 0 Å². The largest absolute Gasteiger partial charge is 0.435 e. The third-order valence-corrected chi connectivity index (χ3v) is 4.75. The normalized spacial score (nSPS) is 14.2. The number of halogens is 2. The quantitative estimate of drug-likeness (QED) is 0.720. The van der Waals surface area contributed by atoms with Gasteiger partial charge in [-0.2, -0.15) is 8.78 Å². The van der Waals surface area contributed by atoms with Crippen LogP contribution in [0.5, 0.6) is 5.75 Å². The van der Waals surface area contributed by atoms with E-state index in [4.69, 9.17) is 0 Å². The lowest BCUT2D eigenvalue weighted by Gasteiger charge is -2.18. The highest BCUT2D eigenvalue weighted by atomic mass is 19.3. The van der Waals surface area contributed by atoms with Gasteiger partial charge in [-0.3, -0.25) is 4.90 Å². The van der Waals surface area contributed by atoms with Crippen LogP contribution < -0.4 is 15.4 Å². The number of benzene rings is 2. The standard InChI is InChI=1S/C21H25F2N3O2/c22-20(23)28-19-9-7-16(8-10-19)13-24-21(27)25-14-17-5-1-2-6-18(17)15-26-11-3-4-12-26/h1-2,5-10,20H,3-4,11-15H2,(H2,24,25,27). The number of rotatable bonds is 8. The van der Waals surface area contributed by atoms with E-state index >= 15 is 0 Å². The van der Waals surface area contributed by atoms with E-state index in [1.807, 2.05) is 18.2 Å². The summed E-state index contributed by atoms with van der Waals surface area (Å²) in [6, 6.07) is 14.1. The molecule has 0 aromatic heterocycles. The minimum Gasteiger partial charge on any atom is -0.435 e. The lowest BCUT2D eigenvalue weighted by Crippen LogP contribution is -2.35. The number of carbonyl (C=O) groups is 1. The first-order valence-corrected chi connectivity index (χ1v) is 9.45. The number of likely N-dealkylation sites (tertiary alicyclic amines) is 1. The van der Waals surface area contributed by atoms with Gasteiger partial charge in [0.1, 0.15) is 5.75 Å². The molecule has 2 aromatic rings. The summed E-state index contributed by atoms with van der Waals surface area (Å²) in [5.41, 5.74) is 3.14. The maximum Gasteiger partial charge on any atom is 0.387 e. The number of urea groups is 1. The molecule has 0 atom stereocenters. The molecule has 28 heavy (non-hydrogen) atoms. The number of nitrogens with zero attached hydrogens (tertiary/aromatic N) is 1. The molecule has 7 heteroatoms. The SMILES string of the molecule is O=C(NCc1ccc(OC(F)F)cc1)NCc1ccccc1CN1CCCC1. The first-order valence-electron chi connectivity index (χ1n) is 9.45. The minimum absolute atomic E-state index is 0.0952. The zero-order valence-electron chi connectivity index (χ0n) is 15.7. The van der Waals surface area contributed by atoms with Crippen LogP contribution in [0, 0.1) is 0 Å². The molecule has 0 saturated carbocycles. The second-order valence-corrected chi connectivity index (χ2v) is 6.81. The van der Waals surface area contributed by atoms with E-state index in [9.17, 15) is 13.6 Å². The van der Waals surface area contributed by atoms with Gasteiger partial charge in [-0.1, -0.05) is 36.4 Å². The Morgan fingerprint density at radius 3 is 2.29 bits per heavy atom. The van der Waals surface area contributed by atoms with Gasteiger partial charge in [0.15, 0.2) is 0 Å². The van der Waals surface area contributed by atoms with Gasteiger partial charge in [0.25, 0.3) is 0 Å². The van der Waals surface area contributed by atoms with Gasteiger partial charge < -0.3 is 15.4 Å². The predicted octanol–water partition coefficient (Wildman–Crippen LogP) is 3.88. The van der Waals surface area contributed by atoms with Gasteiger partial charge in [0.05, 0.1) is 0 Å². The van der Waals surface area contributed by atoms with E-state index in [2.05, 4.69) is 26.3 Å². The summed E-state index contributed by atoms with van der Waals surface area (Å²) >= 11 is 0. The van der Waals surface area contributed by atoms with Gasteiger partial charge in [-0.25, -0.2) is 4.79 Å². The van der Waals surface area contributed by atoms with Crippen LogP contribution in [0.4, 0.5) is 13.6 Å². The van der Waals surface area contributed by atoms with Crippen molar-refractivity contribution >= 4 is 6.03 Å². The molecule has 0 spiro atoms. The fourth-order valence-electron chi connectivity index (χ4n) is 3.27. The summed E-state index contributed by atoms with van der Waals surface area (Å²) in [7, 11) is 0. The number of amides is 2. The molecule has 1 heterocycles. The molecule has 150 valence electrons. The summed E-state index contributed by atoms with van der Waals surface area (Å²) < 4.78 is 28.6. The zero-order chi connectivity index (χ0) is 19.8. The van der Waals surface area contributed by atoms with Gasteiger partial charge in [-0.05, 0) is 54.8 Å². The summed E-state index contributed by atoms with van der Waals surface area (Å²) in [4.78, 5) is 14.5. The molecule has 2 N–H and O–H groups in total. The van der Waals surface area contributed by atoms with Crippen LogP contribution in [0.15, 0.2) is 48.5 Å². The smallest absolute Gasteiger partial charge is 0.387 e. The van der Waals surface area contributed by atoms with Crippen molar-refractivity contribution in [2.24, 2.45) is 0 Å². The predicted molar refractivity (Wildman–Crippen MR) is 103 cm³/mol. The maximum atomic E-state index is 12.2. The van der Waals surface area contributed by atoms with Crippen LogP contribution in [0.2, 0.25) is 0 Å². The highest BCUT2D eigenvalue weighted by Gasteiger charge is 2.13. The Hall–Kier alpha value is -2.67. The van der Waals surface area contributed by atoms with Crippen molar-refractivity contribution in [2.75, 3.05) is 13.1 Å². The first-order chi connectivity index (χ1) is 13.6. The molecule has 0 unspecified atom stereocenters.